The Kier molecular flexibility index (Phi) is 4.28. The van der Waals surface area contributed by atoms with E-state index in [1.165, 1.54) is 7.11 Å². The Morgan fingerprint density at radius 1 is 1.71 bits per heavy atom. The number of methoxy groups -OCH3 is 1. The van der Waals surface area contributed by atoms with Crippen molar-refractivity contribution in [1.29, 1.82) is 0 Å². The summed E-state index contributed by atoms with van der Waals surface area (Å²) in [5.41, 5.74) is 4.99. The molecule has 96 valence electrons. The Morgan fingerprint density at radius 2 is 2.35 bits per heavy atom. The molecule has 5 nitrogen and oxygen atoms in total. The summed E-state index contributed by atoms with van der Waals surface area (Å²) in [5, 5.41) is 0. The fourth-order valence-electron chi connectivity index (χ4n) is 2.05. The van der Waals surface area contributed by atoms with E-state index in [0.29, 0.717) is 6.42 Å². The van der Waals surface area contributed by atoms with Crippen LogP contribution in [0.5, 0.6) is 0 Å². The summed E-state index contributed by atoms with van der Waals surface area (Å²) in [6, 6.07) is 0.113. The Balaban J connectivity index is 2.79. The lowest BCUT2D eigenvalue weighted by atomic mass is 9.95. The van der Waals surface area contributed by atoms with Gasteiger partial charge in [0.1, 0.15) is 11.4 Å². The number of aromatic nitrogens is 2. The first kappa shape index (κ1) is 13.7. The van der Waals surface area contributed by atoms with E-state index in [1.54, 1.807) is 13.1 Å². The van der Waals surface area contributed by atoms with Gasteiger partial charge in [-0.05, 0) is 20.3 Å². The summed E-state index contributed by atoms with van der Waals surface area (Å²) in [5.74, 6) is 0.612. The maximum Gasteiger partial charge on any atom is 0.325 e. The number of esters is 1. The van der Waals surface area contributed by atoms with Crippen LogP contribution in [0.25, 0.3) is 0 Å². The van der Waals surface area contributed by atoms with E-state index in [0.717, 1.165) is 12.2 Å². The van der Waals surface area contributed by atoms with Crippen molar-refractivity contribution in [3.8, 4) is 0 Å². The van der Waals surface area contributed by atoms with Gasteiger partial charge in [-0.3, -0.25) is 4.79 Å². The summed E-state index contributed by atoms with van der Waals surface area (Å²) in [6.45, 7) is 5.76. The standard InChI is InChI=1S/C12H21N3O2/c1-5-10-14-6-7-15(10)9(2)8-12(3,13)11(16)17-4/h6-7,9H,5,8,13H2,1-4H3. The van der Waals surface area contributed by atoms with Gasteiger partial charge in [0.25, 0.3) is 0 Å². The molecular weight excluding hydrogens is 218 g/mol. The number of aryl methyl sites for hydroxylation is 1. The zero-order valence-electron chi connectivity index (χ0n) is 10.9. The number of nitrogens with zero attached hydrogens (tertiary/aromatic N) is 2. The highest BCUT2D eigenvalue weighted by atomic mass is 16.5. The zero-order chi connectivity index (χ0) is 13.1. The van der Waals surface area contributed by atoms with Gasteiger partial charge in [0, 0.05) is 24.9 Å². The molecule has 1 aromatic heterocycles. The van der Waals surface area contributed by atoms with Gasteiger partial charge in [0.15, 0.2) is 0 Å². The van der Waals surface area contributed by atoms with Crippen molar-refractivity contribution in [2.24, 2.45) is 5.73 Å². The van der Waals surface area contributed by atoms with E-state index in [-0.39, 0.29) is 12.0 Å². The minimum Gasteiger partial charge on any atom is -0.468 e. The lowest BCUT2D eigenvalue weighted by molar-refractivity contribution is -0.147. The molecule has 0 aliphatic rings. The van der Waals surface area contributed by atoms with E-state index >= 15 is 0 Å². The fourth-order valence-corrected chi connectivity index (χ4v) is 2.05. The van der Waals surface area contributed by atoms with E-state index in [2.05, 4.69) is 4.98 Å². The van der Waals surface area contributed by atoms with Crippen LogP contribution in [0.4, 0.5) is 0 Å². The fraction of sp³-hybridized carbons (Fsp3) is 0.667. The van der Waals surface area contributed by atoms with Crippen LogP contribution in [0.1, 0.15) is 39.1 Å². The van der Waals surface area contributed by atoms with Gasteiger partial charge in [-0.1, -0.05) is 6.92 Å². The first-order chi connectivity index (χ1) is 7.92. The number of hydrogen-bond donors (Lipinski definition) is 1. The molecule has 2 atom stereocenters. The predicted molar refractivity (Wildman–Crippen MR) is 65.5 cm³/mol. The Bertz CT molecular complexity index is 385. The average Bonchev–Trinajstić information content (AvgIpc) is 2.75. The first-order valence-corrected chi connectivity index (χ1v) is 5.81. The summed E-state index contributed by atoms with van der Waals surface area (Å²) in [4.78, 5) is 15.8. The van der Waals surface area contributed by atoms with E-state index < -0.39 is 5.54 Å². The third-order valence-electron chi connectivity index (χ3n) is 2.91. The second-order valence-electron chi connectivity index (χ2n) is 4.57. The molecule has 0 aliphatic heterocycles. The monoisotopic (exact) mass is 239 g/mol. The molecule has 0 fully saturated rings. The van der Waals surface area contributed by atoms with Crippen LogP contribution in [0, 0.1) is 0 Å². The molecular formula is C12H21N3O2. The van der Waals surface area contributed by atoms with Crippen molar-refractivity contribution in [3.05, 3.63) is 18.2 Å². The lowest BCUT2D eigenvalue weighted by Gasteiger charge is -2.26. The normalized spacial score (nSPS) is 16.3. The van der Waals surface area contributed by atoms with Crippen molar-refractivity contribution in [1.82, 2.24) is 9.55 Å². The molecule has 1 rings (SSSR count). The van der Waals surface area contributed by atoms with Gasteiger partial charge in [-0.25, -0.2) is 4.98 Å². The van der Waals surface area contributed by atoms with E-state index in [4.69, 9.17) is 10.5 Å². The molecule has 0 bridgehead atoms. The molecule has 0 radical (unpaired) electrons. The maximum absolute atomic E-state index is 11.5. The molecule has 0 saturated carbocycles. The number of imidazole rings is 1. The molecule has 0 aromatic carbocycles. The molecule has 2 unspecified atom stereocenters. The SMILES string of the molecule is CCc1nccn1C(C)CC(C)(N)C(=O)OC. The van der Waals surface area contributed by atoms with Crippen molar-refractivity contribution in [2.45, 2.75) is 45.2 Å². The van der Waals surface area contributed by atoms with Gasteiger partial charge in [-0.2, -0.15) is 0 Å². The minimum absolute atomic E-state index is 0.113. The van der Waals surface area contributed by atoms with Crippen LogP contribution in [-0.2, 0) is 16.0 Å². The van der Waals surface area contributed by atoms with Crippen LogP contribution in [0.15, 0.2) is 12.4 Å². The molecule has 5 heteroatoms. The number of carbonyl (C=O) groups excluding carboxylic acids is 1. The quantitative estimate of drug-likeness (QED) is 0.786. The summed E-state index contributed by atoms with van der Waals surface area (Å²) >= 11 is 0. The average molecular weight is 239 g/mol. The summed E-state index contributed by atoms with van der Waals surface area (Å²) in [6.07, 6.45) is 5.05. The highest BCUT2D eigenvalue weighted by molar-refractivity contribution is 5.79. The van der Waals surface area contributed by atoms with E-state index in [1.807, 2.05) is 24.6 Å². The van der Waals surface area contributed by atoms with Gasteiger partial charge in [0.2, 0.25) is 0 Å². The van der Waals surface area contributed by atoms with Crippen molar-refractivity contribution >= 4 is 5.97 Å². The lowest BCUT2D eigenvalue weighted by Crippen LogP contribution is -2.47. The molecule has 17 heavy (non-hydrogen) atoms. The number of rotatable bonds is 5. The second kappa shape index (κ2) is 5.31. The first-order valence-electron chi connectivity index (χ1n) is 5.81. The van der Waals surface area contributed by atoms with Gasteiger partial charge in [-0.15, -0.1) is 0 Å². The van der Waals surface area contributed by atoms with Crippen LogP contribution in [0.3, 0.4) is 0 Å². The van der Waals surface area contributed by atoms with Crippen molar-refractivity contribution in [3.63, 3.8) is 0 Å². The number of ether oxygens (including phenoxy) is 1. The van der Waals surface area contributed by atoms with E-state index in [9.17, 15) is 4.79 Å². The molecule has 0 spiro atoms. The molecule has 0 saturated heterocycles. The summed E-state index contributed by atoms with van der Waals surface area (Å²) < 4.78 is 6.75. The Labute approximate surface area is 102 Å². The predicted octanol–water partition coefficient (Wildman–Crippen LogP) is 1.29. The smallest absolute Gasteiger partial charge is 0.325 e. The highest BCUT2D eigenvalue weighted by Crippen LogP contribution is 2.21. The van der Waals surface area contributed by atoms with Gasteiger partial charge < -0.3 is 15.0 Å². The highest BCUT2D eigenvalue weighted by Gasteiger charge is 2.32. The van der Waals surface area contributed by atoms with Crippen LogP contribution in [0.2, 0.25) is 0 Å². The molecule has 0 aliphatic carbocycles. The van der Waals surface area contributed by atoms with Crippen molar-refractivity contribution in [2.75, 3.05) is 7.11 Å². The number of nitrogens with two attached hydrogens (primary N) is 1. The van der Waals surface area contributed by atoms with Crippen LogP contribution < -0.4 is 5.73 Å². The largest absolute Gasteiger partial charge is 0.468 e. The molecule has 1 aromatic rings. The van der Waals surface area contributed by atoms with Crippen LogP contribution in [-0.4, -0.2) is 28.2 Å². The van der Waals surface area contributed by atoms with Gasteiger partial charge >= 0.3 is 5.97 Å². The third-order valence-corrected chi connectivity index (χ3v) is 2.91. The second-order valence-corrected chi connectivity index (χ2v) is 4.57. The molecule has 0 amide bonds. The third kappa shape index (κ3) is 3.06. The van der Waals surface area contributed by atoms with Crippen molar-refractivity contribution < 1.29 is 9.53 Å². The van der Waals surface area contributed by atoms with Crippen LogP contribution >= 0.6 is 0 Å². The Morgan fingerprint density at radius 3 is 2.88 bits per heavy atom. The number of carbonyl (C=O) groups is 1. The van der Waals surface area contributed by atoms with Gasteiger partial charge in [0.05, 0.1) is 7.11 Å². The maximum atomic E-state index is 11.5. The summed E-state index contributed by atoms with van der Waals surface area (Å²) in [7, 11) is 1.35. The Hall–Kier alpha value is -1.36. The topological polar surface area (TPSA) is 70.1 Å². The zero-order valence-corrected chi connectivity index (χ0v) is 10.9. The molecule has 1 heterocycles. The minimum atomic E-state index is -0.969. The number of hydrogen-bond acceptors (Lipinski definition) is 4. The molecule has 2 N–H and O–H groups in total.